The van der Waals surface area contributed by atoms with Crippen molar-refractivity contribution < 1.29 is 22.7 Å². The molecule has 3 aromatic carbocycles. The van der Waals surface area contributed by atoms with Crippen LogP contribution in [-0.2, 0) is 17.6 Å². The first kappa shape index (κ1) is 22.9. The van der Waals surface area contributed by atoms with E-state index in [0.717, 1.165) is 17.7 Å². The summed E-state index contributed by atoms with van der Waals surface area (Å²) in [6.45, 7) is 0.318. The van der Waals surface area contributed by atoms with Crippen molar-refractivity contribution in [3.05, 3.63) is 100 Å². The third-order valence-corrected chi connectivity index (χ3v) is 4.61. The lowest BCUT2D eigenvalue weighted by atomic mass is 10.1. The third-order valence-electron chi connectivity index (χ3n) is 4.32. The Bertz CT molecular complexity index is 1190. The number of amides is 1. The van der Waals surface area contributed by atoms with Gasteiger partial charge in [0, 0.05) is 5.69 Å². The van der Waals surface area contributed by atoms with Gasteiger partial charge in [0.25, 0.3) is 5.91 Å². The highest BCUT2D eigenvalue weighted by Crippen LogP contribution is 2.31. The highest BCUT2D eigenvalue weighted by molar-refractivity contribution is 6.32. The summed E-state index contributed by atoms with van der Waals surface area (Å²) >= 11 is 6.25. The van der Waals surface area contributed by atoms with E-state index in [9.17, 15) is 23.2 Å². The van der Waals surface area contributed by atoms with Gasteiger partial charge >= 0.3 is 6.18 Å². The molecule has 32 heavy (non-hydrogen) atoms. The minimum absolute atomic E-state index is 0.0753. The molecule has 0 bridgehead atoms. The number of rotatable bonds is 6. The second kappa shape index (κ2) is 10.0. The van der Waals surface area contributed by atoms with Crippen LogP contribution >= 0.6 is 11.6 Å². The van der Waals surface area contributed by atoms with Gasteiger partial charge in [-0.05, 0) is 47.5 Å². The van der Waals surface area contributed by atoms with Crippen molar-refractivity contribution in [1.29, 1.82) is 5.26 Å². The molecule has 0 radical (unpaired) electrons. The van der Waals surface area contributed by atoms with Crippen molar-refractivity contribution in [1.82, 2.24) is 0 Å². The molecule has 0 spiro atoms. The highest BCUT2D eigenvalue weighted by atomic mass is 35.5. The van der Waals surface area contributed by atoms with Crippen LogP contribution in [0.25, 0.3) is 6.08 Å². The molecule has 3 aromatic rings. The number of hydrogen-bond donors (Lipinski definition) is 1. The molecule has 162 valence electrons. The van der Waals surface area contributed by atoms with E-state index in [1.807, 2.05) is 30.3 Å². The predicted molar refractivity (Wildman–Crippen MR) is 116 cm³/mol. The standard InChI is InChI=1S/C24H16ClF3N2O2/c25-21-12-17(9-10-22(21)32-15-16-5-2-1-3-6-16)11-18(14-29)23(31)30-20-8-4-7-19(13-20)24(26,27)28/h1-13H,15H2,(H,30,31)/b18-11+. The van der Waals surface area contributed by atoms with Crippen LogP contribution < -0.4 is 10.1 Å². The molecule has 0 saturated carbocycles. The van der Waals surface area contributed by atoms with Crippen LogP contribution in [-0.4, -0.2) is 5.91 Å². The van der Waals surface area contributed by atoms with Gasteiger partial charge in [0.1, 0.15) is 24.0 Å². The Morgan fingerprint density at radius 1 is 1.06 bits per heavy atom. The lowest BCUT2D eigenvalue weighted by molar-refractivity contribution is -0.137. The Kier molecular flexibility index (Phi) is 7.18. The first-order chi connectivity index (χ1) is 15.3. The van der Waals surface area contributed by atoms with Gasteiger partial charge in [-0.15, -0.1) is 0 Å². The maximum absolute atomic E-state index is 12.8. The molecule has 8 heteroatoms. The van der Waals surface area contributed by atoms with Crippen molar-refractivity contribution in [2.24, 2.45) is 0 Å². The lowest BCUT2D eigenvalue weighted by Gasteiger charge is -2.10. The number of ether oxygens (including phenoxy) is 1. The van der Waals surface area contributed by atoms with Crippen molar-refractivity contribution in [2.45, 2.75) is 12.8 Å². The molecule has 1 N–H and O–H groups in total. The molecule has 3 rings (SSSR count). The summed E-state index contributed by atoms with van der Waals surface area (Å²) in [7, 11) is 0. The Hall–Kier alpha value is -3.76. The molecule has 4 nitrogen and oxygen atoms in total. The van der Waals surface area contributed by atoms with E-state index in [2.05, 4.69) is 5.32 Å². The van der Waals surface area contributed by atoms with Gasteiger partial charge in [-0.2, -0.15) is 18.4 Å². The van der Waals surface area contributed by atoms with Gasteiger partial charge in [-0.25, -0.2) is 0 Å². The van der Waals surface area contributed by atoms with Gasteiger partial charge in [0.05, 0.1) is 10.6 Å². The SMILES string of the molecule is N#C/C(=C\c1ccc(OCc2ccccc2)c(Cl)c1)C(=O)Nc1cccc(C(F)(F)F)c1. The average molecular weight is 457 g/mol. The average Bonchev–Trinajstić information content (AvgIpc) is 2.77. The summed E-state index contributed by atoms with van der Waals surface area (Å²) in [5, 5.41) is 11.9. The Morgan fingerprint density at radius 3 is 2.47 bits per heavy atom. The predicted octanol–water partition coefficient (Wildman–Crippen LogP) is 6.48. The van der Waals surface area contributed by atoms with E-state index >= 15 is 0 Å². The summed E-state index contributed by atoms with van der Waals surface area (Å²) in [4.78, 5) is 12.4. The van der Waals surface area contributed by atoms with Crippen molar-refractivity contribution in [3.63, 3.8) is 0 Å². The smallest absolute Gasteiger partial charge is 0.416 e. The van der Waals surface area contributed by atoms with Crippen LogP contribution in [0.4, 0.5) is 18.9 Å². The zero-order valence-corrected chi connectivity index (χ0v) is 17.2. The number of carbonyl (C=O) groups excluding carboxylic acids is 1. The third kappa shape index (κ3) is 6.13. The number of halogens is 4. The van der Waals surface area contributed by atoms with Gasteiger partial charge in [0.15, 0.2) is 0 Å². The van der Waals surface area contributed by atoms with Crippen LogP contribution in [0, 0.1) is 11.3 Å². The molecule has 0 aliphatic heterocycles. The minimum atomic E-state index is -4.55. The molecule has 0 aliphatic rings. The maximum atomic E-state index is 12.8. The summed E-state index contributed by atoms with van der Waals surface area (Å²) in [6, 6.07) is 20.1. The fourth-order valence-corrected chi connectivity index (χ4v) is 2.99. The monoisotopic (exact) mass is 456 g/mol. The summed E-state index contributed by atoms with van der Waals surface area (Å²) in [5.41, 5.74) is 0.143. The van der Waals surface area contributed by atoms with Crippen molar-refractivity contribution in [2.75, 3.05) is 5.32 Å². The van der Waals surface area contributed by atoms with Gasteiger partial charge in [-0.1, -0.05) is 54.1 Å². The maximum Gasteiger partial charge on any atom is 0.416 e. The number of benzene rings is 3. The number of hydrogen-bond acceptors (Lipinski definition) is 3. The van der Waals surface area contributed by atoms with Crippen molar-refractivity contribution in [3.8, 4) is 11.8 Å². The molecule has 0 unspecified atom stereocenters. The van der Waals surface area contributed by atoms with E-state index < -0.39 is 17.6 Å². The number of nitrogens with one attached hydrogen (secondary N) is 1. The summed E-state index contributed by atoms with van der Waals surface area (Å²) in [5.74, 6) is -0.410. The van der Waals surface area contributed by atoms with Crippen LogP contribution in [0.1, 0.15) is 16.7 Å². The fourth-order valence-electron chi connectivity index (χ4n) is 2.75. The van der Waals surface area contributed by atoms with E-state index in [1.54, 1.807) is 18.2 Å². The van der Waals surface area contributed by atoms with E-state index in [1.165, 1.54) is 24.3 Å². The zero-order valence-electron chi connectivity index (χ0n) is 16.5. The molecular weight excluding hydrogens is 441 g/mol. The van der Waals surface area contributed by atoms with Crippen molar-refractivity contribution >= 4 is 29.3 Å². The van der Waals surface area contributed by atoms with Gasteiger partial charge < -0.3 is 10.1 Å². The first-order valence-corrected chi connectivity index (χ1v) is 9.71. The molecule has 0 saturated heterocycles. The number of anilines is 1. The molecule has 0 aliphatic carbocycles. The van der Waals surface area contributed by atoms with Crippen LogP contribution in [0.2, 0.25) is 5.02 Å². The molecule has 1 amide bonds. The Morgan fingerprint density at radius 2 is 1.81 bits per heavy atom. The van der Waals surface area contributed by atoms with Crippen LogP contribution in [0.5, 0.6) is 5.75 Å². The molecular formula is C24H16ClF3N2O2. The summed E-state index contributed by atoms with van der Waals surface area (Å²) < 4.78 is 44.2. The minimum Gasteiger partial charge on any atom is -0.487 e. The van der Waals surface area contributed by atoms with E-state index in [0.29, 0.717) is 17.9 Å². The quantitative estimate of drug-likeness (QED) is 0.341. The van der Waals surface area contributed by atoms with Crippen LogP contribution in [0.15, 0.2) is 78.4 Å². The number of nitriles is 1. The normalized spacial score (nSPS) is 11.5. The fraction of sp³-hybridized carbons (Fsp3) is 0.0833. The second-order valence-corrected chi connectivity index (χ2v) is 7.07. The molecule has 0 aromatic heterocycles. The molecule has 0 heterocycles. The molecule has 0 atom stereocenters. The molecule has 0 fully saturated rings. The van der Waals surface area contributed by atoms with E-state index in [4.69, 9.17) is 16.3 Å². The topological polar surface area (TPSA) is 62.1 Å². The second-order valence-electron chi connectivity index (χ2n) is 6.67. The lowest BCUT2D eigenvalue weighted by Crippen LogP contribution is -2.14. The Labute approximate surface area is 187 Å². The first-order valence-electron chi connectivity index (χ1n) is 9.33. The largest absolute Gasteiger partial charge is 0.487 e. The number of nitrogens with zero attached hydrogens (tertiary/aromatic N) is 1. The van der Waals surface area contributed by atoms with E-state index in [-0.39, 0.29) is 16.3 Å². The van der Waals surface area contributed by atoms with Gasteiger partial charge in [-0.3, -0.25) is 4.79 Å². The highest BCUT2D eigenvalue weighted by Gasteiger charge is 2.30. The van der Waals surface area contributed by atoms with Gasteiger partial charge in [0.2, 0.25) is 0 Å². The number of carbonyl (C=O) groups is 1. The van der Waals surface area contributed by atoms with Crippen LogP contribution in [0.3, 0.4) is 0 Å². The number of alkyl halides is 3. The zero-order chi connectivity index (χ0) is 23.1. The Balaban J connectivity index is 1.72. The summed E-state index contributed by atoms with van der Waals surface area (Å²) in [6.07, 6.45) is -3.26.